The highest BCUT2D eigenvalue weighted by molar-refractivity contribution is 14.1. The van der Waals surface area contributed by atoms with Gasteiger partial charge in [0.05, 0.1) is 40.6 Å². The fourth-order valence-electron chi connectivity index (χ4n) is 6.75. The number of hydrogen-bond acceptors (Lipinski definition) is 5. The normalized spacial score (nSPS) is 24.3. The lowest BCUT2D eigenvalue weighted by atomic mass is 9.82. The van der Waals surface area contributed by atoms with Crippen LogP contribution < -0.4 is 19.6 Å². The second-order valence-corrected chi connectivity index (χ2v) is 17.0. The van der Waals surface area contributed by atoms with Crippen LogP contribution in [0.15, 0.2) is 66.7 Å². The van der Waals surface area contributed by atoms with Crippen LogP contribution in [-0.4, -0.2) is 46.0 Å². The molecule has 3 aromatic carbocycles. The first-order valence-electron chi connectivity index (χ1n) is 13.4. The summed E-state index contributed by atoms with van der Waals surface area (Å²) in [6, 6.07) is 22.4. The Hall–Kier alpha value is -2.40. The average molecular weight is 658 g/mol. The van der Waals surface area contributed by atoms with Crippen LogP contribution in [0.3, 0.4) is 0 Å². The van der Waals surface area contributed by atoms with Crippen molar-refractivity contribution in [3.8, 4) is 11.5 Å². The summed E-state index contributed by atoms with van der Waals surface area (Å²) in [4.78, 5) is 16.5. The van der Waals surface area contributed by atoms with E-state index in [1.165, 1.54) is 5.19 Å². The highest BCUT2D eigenvalue weighted by Gasteiger charge is 2.66. The van der Waals surface area contributed by atoms with Crippen LogP contribution in [0.1, 0.15) is 24.5 Å². The van der Waals surface area contributed by atoms with E-state index in [2.05, 4.69) is 79.0 Å². The van der Waals surface area contributed by atoms with Crippen molar-refractivity contribution in [2.75, 3.05) is 25.7 Å². The summed E-state index contributed by atoms with van der Waals surface area (Å²) in [5.74, 6) is 1.36. The number of hydrogen-bond donors (Lipinski definition) is 1. The molecular formula is C31H36INO5Si. The largest absolute Gasteiger partial charge is 0.497 e. The summed E-state index contributed by atoms with van der Waals surface area (Å²) in [6.45, 7) is 7.32. The first-order chi connectivity index (χ1) is 18.7. The number of methoxy groups -OCH3 is 2. The molecule has 0 aliphatic carbocycles. The maximum Gasteiger partial charge on any atom is 0.264 e. The average Bonchev–Trinajstić information content (AvgIpc) is 3.36. The van der Waals surface area contributed by atoms with Crippen LogP contribution in [0.5, 0.6) is 11.5 Å². The van der Waals surface area contributed by atoms with Crippen LogP contribution in [0.2, 0.25) is 18.6 Å². The molecular weight excluding hydrogens is 621 g/mol. The Bertz CT molecular complexity index is 1350. The van der Waals surface area contributed by atoms with Crippen molar-refractivity contribution < 1.29 is 24.1 Å². The number of carbonyl (C=O) groups excluding carboxylic acids is 1. The molecule has 1 N–H and O–H groups in total. The van der Waals surface area contributed by atoms with E-state index in [4.69, 9.17) is 14.2 Å². The highest BCUT2D eigenvalue weighted by atomic mass is 127. The Morgan fingerprint density at radius 1 is 1.00 bits per heavy atom. The van der Waals surface area contributed by atoms with Crippen molar-refractivity contribution >= 4 is 47.4 Å². The lowest BCUT2D eigenvalue weighted by molar-refractivity contribution is -0.146. The molecule has 39 heavy (non-hydrogen) atoms. The van der Waals surface area contributed by atoms with E-state index in [0.717, 1.165) is 26.1 Å². The molecule has 1 fully saturated rings. The molecule has 0 saturated carbocycles. The van der Waals surface area contributed by atoms with Crippen molar-refractivity contribution in [2.45, 2.75) is 50.2 Å². The number of aliphatic hydroxyl groups excluding tert-OH is 1. The summed E-state index contributed by atoms with van der Waals surface area (Å²) in [6.07, 6.45) is 0.225. The molecule has 5 rings (SSSR count). The quantitative estimate of drug-likeness (QED) is 0.258. The Balaban J connectivity index is 1.61. The van der Waals surface area contributed by atoms with Crippen molar-refractivity contribution in [3.63, 3.8) is 0 Å². The molecule has 1 amide bonds. The smallest absolute Gasteiger partial charge is 0.264 e. The summed E-state index contributed by atoms with van der Waals surface area (Å²) in [5.41, 5.74) is 1.73. The summed E-state index contributed by atoms with van der Waals surface area (Å²) in [7, 11) is 1.11. The van der Waals surface area contributed by atoms with Gasteiger partial charge in [-0.2, -0.15) is 0 Å². The van der Waals surface area contributed by atoms with Crippen molar-refractivity contribution in [1.29, 1.82) is 0 Å². The number of carbonyl (C=O) groups is 1. The number of benzene rings is 3. The van der Waals surface area contributed by atoms with Gasteiger partial charge in [0.1, 0.15) is 11.5 Å². The first-order valence-corrected chi connectivity index (χ1v) is 17.5. The highest BCUT2D eigenvalue weighted by Crippen LogP contribution is 2.60. The maximum atomic E-state index is 14.6. The van der Waals surface area contributed by atoms with E-state index >= 15 is 0 Å². The van der Waals surface area contributed by atoms with Gasteiger partial charge in [0, 0.05) is 21.7 Å². The van der Waals surface area contributed by atoms with E-state index in [1.807, 2.05) is 35.2 Å². The zero-order valence-electron chi connectivity index (χ0n) is 23.1. The van der Waals surface area contributed by atoms with Gasteiger partial charge >= 0.3 is 0 Å². The van der Waals surface area contributed by atoms with Crippen LogP contribution in [-0.2, 0) is 21.7 Å². The molecule has 1 spiro atoms. The van der Waals surface area contributed by atoms with Gasteiger partial charge in [-0.15, -0.1) is 0 Å². The molecule has 8 heteroatoms. The van der Waals surface area contributed by atoms with Gasteiger partial charge in [0.2, 0.25) is 0 Å². The van der Waals surface area contributed by atoms with Gasteiger partial charge in [-0.05, 0) is 82.6 Å². The van der Waals surface area contributed by atoms with E-state index in [9.17, 15) is 9.90 Å². The Morgan fingerprint density at radius 3 is 2.26 bits per heavy atom. The zero-order valence-corrected chi connectivity index (χ0v) is 26.3. The minimum atomic E-state index is -2.21. The van der Waals surface area contributed by atoms with E-state index in [-0.39, 0.29) is 30.1 Å². The van der Waals surface area contributed by atoms with E-state index in [0.29, 0.717) is 18.7 Å². The lowest BCUT2D eigenvalue weighted by Crippen LogP contribution is -2.51. The molecule has 6 nitrogen and oxygen atoms in total. The number of anilines is 1. The molecule has 206 valence electrons. The molecule has 4 atom stereocenters. The third-order valence-electron chi connectivity index (χ3n) is 8.71. The predicted octanol–water partition coefficient (Wildman–Crippen LogP) is 5.45. The van der Waals surface area contributed by atoms with Crippen molar-refractivity contribution in [1.82, 2.24) is 0 Å². The Morgan fingerprint density at radius 2 is 1.64 bits per heavy atom. The molecule has 2 heterocycles. The van der Waals surface area contributed by atoms with Gasteiger partial charge in [0.25, 0.3) is 5.91 Å². The summed E-state index contributed by atoms with van der Waals surface area (Å²) in [5, 5.41) is 11.4. The molecule has 0 radical (unpaired) electrons. The Labute approximate surface area is 245 Å². The number of halogens is 1. The topological polar surface area (TPSA) is 68.2 Å². The van der Waals surface area contributed by atoms with E-state index in [1.54, 1.807) is 14.2 Å². The number of aliphatic hydroxyl groups is 1. The number of amides is 1. The molecule has 2 aliphatic rings. The number of fused-ring (bicyclic) bond motifs is 2. The number of rotatable bonds is 8. The second kappa shape index (κ2) is 10.9. The molecule has 0 bridgehead atoms. The fourth-order valence-corrected chi connectivity index (χ4v) is 11.2. The Kier molecular flexibility index (Phi) is 7.85. The molecule has 0 unspecified atom stereocenters. The predicted molar refractivity (Wildman–Crippen MR) is 165 cm³/mol. The first kappa shape index (κ1) is 28.1. The van der Waals surface area contributed by atoms with Gasteiger partial charge in [-0.3, -0.25) is 4.79 Å². The maximum absolute atomic E-state index is 14.6. The second-order valence-electron chi connectivity index (χ2n) is 11.1. The number of ether oxygens (including phenoxy) is 3. The zero-order chi connectivity index (χ0) is 27.9. The van der Waals surface area contributed by atoms with Crippen LogP contribution in [0.4, 0.5) is 5.69 Å². The summed E-state index contributed by atoms with van der Waals surface area (Å²) >= 11 is 2.29. The van der Waals surface area contributed by atoms with Gasteiger partial charge in [-0.1, -0.05) is 49.5 Å². The molecule has 1 saturated heterocycles. The van der Waals surface area contributed by atoms with Crippen LogP contribution in [0, 0.1) is 9.49 Å². The SMILES string of the molecule is COc1ccc([Si](C)(C)[C@@H]2[C@@H](CCO)O[C@]3(C(=O)N(Cc4ccc(I)cc4)c4ccc(OC)cc43)[C@H]2C)cc1. The third kappa shape index (κ3) is 4.69. The minimum Gasteiger partial charge on any atom is -0.497 e. The molecule has 0 aromatic heterocycles. The third-order valence-corrected chi connectivity index (χ3v) is 13.8. The monoisotopic (exact) mass is 657 g/mol. The van der Waals surface area contributed by atoms with Gasteiger partial charge in [-0.25, -0.2) is 0 Å². The number of nitrogens with zero attached hydrogens (tertiary/aromatic N) is 1. The van der Waals surface area contributed by atoms with Gasteiger partial charge in [0.15, 0.2) is 5.60 Å². The van der Waals surface area contributed by atoms with Gasteiger partial charge < -0.3 is 24.2 Å². The summed E-state index contributed by atoms with van der Waals surface area (Å²) < 4.78 is 19.1. The van der Waals surface area contributed by atoms with E-state index < -0.39 is 13.7 Å². The standard InChI is InChI=1S/C31H36INO5Si/c1-20-29(39(4,5)25-13-10-23(36-2)11-14-25)28(16-17-34)38-31(20)26-18-24(37-3)12-15-27(26)33(30(31)35)19-21-6-8-22(32)9-7-21/h6-15,18,20,28-29,34H,16-17,19H2,1-5H3/t20-,28+,29-,31+/m0/s1. The van der Waals surface area contributed by atoms with Crippen LogP contribution in [0.25, 0.3) is 0 Å². The van der Waals surface area contributed by atoms with Crippen molar-refractivity contribution in [3.05, 3.63) is 81.4 Å². The molecule has 3 aromatic rings. The lowest BCUT2D eigenvalue weighted by Gasteiger charge is -2.37. The van der Waals surface area contributed by atoms with Crippen LogP contribution >= 0.6 is 22.6 Å². The molecule has 2 aliphatic heterocycles. The fraction of sp³-hybridized carbons (Fsp3) is 0.387. The van der Waals surface area contributed by atoms with Crippen molar-refractivity contribution in [2.24, 2.45) is 5.92 Å². The minimum absolute atomic E-state index is 0.00256.